The number of H-pyrrole nitrogens is 1. The van der Waals surface area contributed by atoms with E-state index in [0.29, 0.717) is 18.1 Å². The van der Waals surface area contributed by atoms with Crippen LogP contribution in [0.1, 0.15) is 59.3 Å². The van der Waals surface area contributed by atoms with Crippen molar-refractivity contribution in [3.63, 3.8) is 0 Å². The molecule has 42 heavy (non-hydrogen) atoms. The van der Waals surface area contributed by atoms with E-state index in [1.807, 2.05) is 23.1 Å². The number of urea groups is 1. The van der Waals surface area contributed by atoms with Crippen molar-refractivity contribution < 1.29 is 14.4 Å². The van der Waals surface area contributed by atoms with Crippen LogP contribution in [-0.2, 0) is 28.9 Å². The van der Waals surface area contributed by atoms with E-state index in [2.05, 4.69) is 72.7 Å². The van der Waals surface area contributed by atoms with Crippen molar-refractivity contribution >= 4 is 40.9 Å². The number of fused-ring (bicyclic) bond motifs is 3. The lowest BCUT2D eigenvalue weighted by molar-refractivity contribution is -0.120. The molecule has 218 valence electrons. The van der Waals surface area contributed by atoms with Gasteiger partial charge in [0.25, 0.3) is 0 Å². The first-order valence-corrected chi connectivity index (χ1v) is 15.0. The Labute approximate surface area is 251 Å². The summed E-state index contributed by atoms with van der Waals surface area (Å²) in [6.07, 6.45) is 5.52. The van der Waals surface area contributed by atoms with Crippen molar-refractivity contribution in [1.29, 1.82) is 0 Å². The van der Waals surface area contributed by atoms with Gasteiger partial charge in [0.15, 0.2) is 0 Å². The van der Waals surface area contributed by atoms with E-state index in [4.69, 9.17) is 11.6 Å². The molecule has 0 spiro atoms. The number of hydrogen-bond acceptors (Lipinski definition) is 3. The molecule has 0 aliphatic carbocycles. The van der Waals surface area contributed by atoms with Crippen LogP contribution in [0.4, 0.5) is 4.79 Å². The molecule has 4 amide bonds. The minimum absolute atomic E-state index is 0.155. The van der Waals surface area contributed by atoms with Gasteiger partial charge in [-0.3, -0.25) is 14.9 Å². The van der Waals surface area contributed by atoms with Crippen LogP contribution in [0.5, 0.6) is 0 Å². The summed E-state index contributed by atoms with van der Waals surface area (Å²) in [4.78, 5) is 41.6. The first kappa shape index (κ1) is 29.4. The summed E-state index contributed by atoms with van der Waals surface area (Å²) in [5.74, 6) is -0.233. The molecule has 3 aromatic carbocycles. The second kappa shape index (κ2) is 13.3. The molecule has 0 radical (unpaired) electrons. The maximum atomic E-state index is 11.9. The third-order valence-electron chi connectivity index (χ3n) is 8.10. The number of amides is 4. The minimum atomic E-state index is -0.296. The molecule has 0 saturated carbocycles. The molecule has 2 aliphatic heterocycles. The summed E-state index contributed by atoms with van der Waals surface area (Å²) < 4.78 is 0. The Bertz CT molecular complexity index is 1560. The number of hydrogen-bond donors (Lipinski definition) is 2. The SMILES string of the molecule is CCc1ccc(C)cc1.O=CN1CCc2c([nH]c3ccc(Cl)cc23)C1c1ccc(CCCCN2CC(=O)NC2=O)cc1. The van der Waals surface area contributed by atoms with Crippen molar-refractivity contribution in [3.05, 3.63) is 105 Å². The van der Waals surface area contributed by atoms with Gasteiger partial charge in [0.1, 0.15) is 6.54 Å². The number of rotatable bonds is 8. The van der Waals surface area contributed by atoms with Crippen molar-refractivity contribution in [1.82, 2.24) is 20.1 Å². The molecular weight excluding hydrogens is 548 g/mol. The number of benzene rings is 3. The van der Waals surface area contributed by atoms with Gasteiger partial charge < -0.3 is 14.8 Å². The van der Waals surface area contributed by atoms with E-state index in [9.17, 15) is 14.4 Å². The van der Waals surface area contributed by atoms with Crippen LogP contribution in [0.2, 0.25) is 5.02 Å². The van der Waals surface area contributed by atoms with Crippen LogP contribution >= 0.6 is 11.6 Å². The molecule has 4 aromatic rings. The van der Waals surface area contributed by atoms with E-state index in [1.54, 1.807) is 4.90 Å². The Morgan fingerprint density at radius 1 is 0.976 bits per heavy atom. The average molecular weight is 585 g/mol. The monoisotopic (exact) mass is 584 g/mol. The van der Waals surface area contributed by atoms with Crippen LogP contribution in [0.25, 0.3) is 10.9 Å². The molecule has 1 saturated heterocycles. The number of aryl methyl sites for hydroxylation is 3. The van der Waals surface area contributed by atoms with Crippen LogP contribution < -0.4 is 5.32 Å². The normalized spacial score (nSPS) is 16.2. The fourth-order valence-electron chi connectivity index (χ4n) is 5.74. The quantitative estimate of drug-likeness (QED) is 0.144. The molecule has 1 fully saturated rings. The van der Waals surface area contributed by atoms with Crippen molar-refractivity contribution in [2.45, 2.75) is 52.0 Å². The standard InChI is InChI=1S/C25H25ClN4O3.C9H12/c26-18-8-9-21-20(13-18)19-10-12-30(15-31)24(23(19)27-21)17-6-4-16(5-7-17)3-1-2-11-29-14-22(32)28-25(29)33;1-3-9-6-4-8(2)5-7-9/h4-9,13,15,24,27H,1-3,10-12,14H2,(H,28,32,33);4-7H,3H2,1-2H3. The fraction of sp³-hybridized carbons (Fsp3) is 0.324. The lowest BCUT2D eigenvalue weighted by Crippen LogP contribution is -2.35. The minimum Gasteiger partial charge on any atom is -0.356 e. The summed E-state index contributed by atoms with van der Waals surface area (Å²) in [6.45, 7) is 5.68. The molecule has 7 nitrogen and oxygen atoms in total. The Kier molecular flexibility index (Phi) is 9.28. The largest absolute Gasteiger partial charge is 0.356 e. The Morgan fingerprint density at radius 2 is 1.71 bits per heavy atom. The number of halogens is 1. The lowest BCUT2D eigenvalue weighted by Gasteiger charge is -2.33. The number of aromatic amines is 1. The van der Waals surface area contributed by atoms with Gasteiger partial charge in [-0.1, -0.05) is 72.6 Å². The number of nitrogens with one attached hydrogen (secondary N) is 2. The number of imide groups is 1. The highest BCUT2D eigenvalue weighted by Crippen LogP contribution is 2.38. The van der Waals surface area contributed by atoms with E-state index >= 15 is 0 Å². The topological polar surface area (TPSA) is 85.5 Å². The molecule has 3 heterocycles. The molecule has 6 rings (SSSR count). The van der Waals surface area contributed by atoms with Gasteiger partial charge in [0.05, 0.1) is 6.04 Å². The van der Waals surface area contributed by atoms with Crippen LogP contribution in [0, 0.1) is 6.92 Å². The van der Waals surface area contributed by atoms with Gasteiger partial charge in [-0.05, 0) is 79.5 Å². The Balaban J connectivity index is 0.000000336. The fourth-order valence-corrected chi connectivity index (χ4v) is 5.91. The van der Waals surface area contributed by atoms with Crippen molar-refractivity contribution in [2.24, 2.45) is 0 Å². The number of unbranched alkanes of at least 4 members (excludes halogenated alkanes) is 1. The van der Waals surface area contributed by atoms with Crippen molar-refractivity contribution in [2.75, 3.05) is 19.6 Å². The Morgan fingerprint density at radius 3 is 2.38 bits per heavy atom. The lowest BCUT2D eigenvalue weighted by atomic mass is 9.92. The van der Waals surface area contributed by atoms with Gasteiger partial charge >= 0.3 is 6.03 Å². The maximum Gasteiger partial charge on any atom is 0.324 e. The van der Waals surface area contributed by atoms with E-state index in [0.717, 1.165) is 60.7 Å². The Hall–Kier alpha value is -4.10. The van der Waals surface area contributed by atoms with E-state index in [-0.39, 0.29) is 24.5 Å². The molecule has 2 aliphatic rings. The zero-order valence-corrected chi connectivity index (χ0v) is 24.9. The van der Waals surface area contributed by atoms with E-state index in [1.165, 1.54) is 22.3 Å². The summed E-state index contributed by atoms with van der Waals surface area (Å²) in [5.41, 5.74) is 8.34. The van der Waals surface area contributed by atoms with Crippen LogP contribution in [-0.4, -0.2) is 52.8 Å². The van der Waals surface area contributed by atoms with Gasteiger partial charge in [0, 0.05) is 34.7 Å². The second-order valence-corrected chi connectivity index (χ2v) is 11.5. The highest BCUT2D eigenvalue weighted by Gasteiger charge is 2.31. The molecular formula is C34H37ClN4O3. The zero-order valence-electron chi connectivity index (χ0n) is 24.2. The average Bonchev–Trinajstić information content (AvgIpc) is 3.53. The molecule has 2 N–H and O–H groups in total. The summed E-state index contributed by atoms with van der Waals surface area (Å²) >= 11 is 6.23. The third-order valence-corrected chi connectivity index (χ3v) is 8.33. The maximum absolute atomic E-state index is 11.9. The molecule has 1 aromatic heterocycles. The first-order chi connectivity index (χ1) is 20.4. The van der Waals surface area contributed by atoms with Crippen molar-refractivity contribution in [3.8, 4) is 0 Å². The summed E-state index contributed by atoms with van der Waals surface area (Å²) in [5, 5.41) is 4.13. The number of nitrogens with zero attached hydrogens (tertiary/aromatic N) is 2. The number of carbonyl (C=O) groups excluding carboxylic acids is 3. The van der Waals surface area contributed by atoms with Gasteiger partial charge in [0.2, 0.25) is 12.3 Å². The highest BCUT2D eigenvalue weighted by atomic mass is 35.5. The molecule has 8 heteroatoms. The zero-order chi connectivity index (χ0) is 29.6. The predicted molar refractivity (Wildman–Crippen MR) is 167 cm³/mol. The predicted octanol–water partition coefficient (Wildman–Crippen LogP) is 6.36. The van der Waals surface area contributed by atoms with Gasteiger partial charge in [-0.15, -0.1) is 0 Å². The second-order valence-electron chi connectivity index (χ2n) is 11.0. The van der Waals surface area contributed by atoms with Gasteiger partial charge in [-0.2, -0.15) is 0 Å². The number of aromatic nitrogens is 1. The first-order valence-electron chi connectivity index (χ1n) is 14.6. The number of carbonyl (C=O) groups is 3. The molecule has 1 atom stereocenters. The molecule has 1 unspecified atom stereocenters. The third kappa shape index (κ3) is 6.68. The van der Waals surface area contributed by atoms with Gasteiger partial charge in [-0.25, -0.2) is 4.79 Å². The van der Waals surface area contributed by atoms with Crippen LogP contribution in [0.15, 0.2) is 66.7 Å². The smallest absolute Gasteiger partial charge is 0.324 e. The summed E-state index contributed by atoms with van der Waals surface area (Å²) in [6, 6.07) is 22.5. The van der Waals surface area contributed by atoms with Crippen LogP contribution in [0.3, 0.4) is 0 Å². The molecule has 0 bridgehead atoms. The van der Waals surface area contributed by atoms with E-state index < -0.39 is 0 Å². The highest BCUT2D eigenvalue weighted by molar-refractivity contribution is 6.31. The summed E-state index contributed by atoms with van der Waals surface area (Å²) in [7, 11) is 0.